The highest BCUT2D eigenvalue weighted by Gasteiger charge is 2.35. The van der Waals surface area contributed by atoms with Gasteiger partial charge in [-0.25, -0.2) is 8.78 Å². The minimum atomic E-state index is -0.561. The molecule has 2 amide bonds. The molecule has 2 aliphatic heterocycles. The van der Waals surface area contributed by atoms with Crippen molar-refractivity contribution in [2.24, 2.45) is 0 Å². The van der Waals surface area contributed by atoms with E-state index < -0.39 is 11.6 Å². The third-order valence-electron chi connectivity index (χ3n) is 5.31. The van der Waals surface area contributed by atoms with Gasteiger partial charge in [-0.3, -0.25) is 24.3 Å². The number of imide groups is 1. The molecule has 1 saturated heterocycles. The lowest BCUT2D eigenvalue weighted by Gasteiger charge is -2.35. The lowest BCUT2D eigenvalue weighted by atomic mass is 10.1. The smallest absolute Gasteiger partial charge is 0.261 e. The molecule has 0 atom stereocenters. The van der Waals surface area contributed by atoms with Crippen LogP contribution in [0.4, 0.5) is 8.78 Å². The van der Waals surface area contributed by atoms with Gasteiger partial charge in [-0.05, 0) is 29.8 Å². The SMILES string of the molecule is O=C1c2ccccc2C(=O)N1CCN1CCN(Cc2cc(F)cc(F)c2)CC1. The van der Waals surface area contributed by atoms with Gasteiger partial charge in [0.05, 0.1) is 11.1 Å². The number of carbonyl (C=O) groups excluding carboxylic acids is 2. The predicted molar refractivity (Wildman–Crippen MR) is 99.9 cm³/mol. The zero-order valence-electron chi connectivity index (χ0n) is 15.4. The van der Waals surface area contributed by atoms with Crippen molar-refractivity contribution in [1.29, 1.82) is 0 Å². The molecule has 1 fully saturated rings. The number of piperazine rings is 1. The van der Waals surface area contributed by atoms with Gasteiger partial charge in [0, 0.05) is 51.9 Å². The lowest BCUT2D eigenvalue weighted by Crippen LogP contribution is -2.48. The number of amides is 2. The van der Waals surface area contributed by atoms with Gasteiger partial charge in [-0.2, -0.15) is 0 Å². The minimum Gasteiger partial charge on any atom is -0.299 e. The number of halogens is 2. The molecule has 2 aromatic carbocycles. The number of nitrogens with zero attached hydrogens (tertiary/aromatic N) is 3. The Labute approximate surface area is 162 Å². The van der Waals surface area contributed by atoms with E-state index in [1.165, 1.54) is 17.0 Å². The fourth-order valence-electron chi connectivity index (χ4n) is 3.82. The second-order valence-corrected chi connectivity index (χ2v) is 7.20. The molecule has 0 bridgehead atoms. The van der Waals surface area contributed by atoms with Crippen LogP contribution < -0.4 is 0 Å². The van der Waals surface area contributed by atoms with E-state index in [1.807, 2.05) is 0 Å². The number of carbonyl (C=O) groups is 2. The molecule has 0 N–H and O–H groups in total. The van der Waals surface area contributed by atoms with Crippen molar-refractivity contribution in [2.45, 2.75) is 6.54 Å². The summed E-state index contributed by atoms with van der Waals surface area (Å²) in [6, 6.07) is 10.5. The Morgan fingerprint density at radius 3 is 1.86 bits per heavy atom. The zero-order valence-corrected chi connectivity index (χ0v) is 15.4. The lowest BCUT2D eigenvalue weighted by molar-refractivity contribution is 0.0612. The van der Waals surface area contributed by atoms with Gasteiger partial charge in [0.25, 0.3) is 11.8 Å². The summed E-state index contributed by atoms with van der Waals surface area (Å²) in [5.41, 5.74) is 1.57. The first-order valence-corrected chi connectivity index (χ1v) is 9.36. The summed E-state index contributed by atoms with van der Waals surface area (Å²) in [6.45, 7) is 4.57. The van der Waals surface area contributed by atoms with Crippen molar-refractivity contribution < 1.29 is 18.4 Å². The number of hydrogen-bond acceptors (Lipinski definition) is 4. The molecule has 0 aliphatic carbocycles. The fraction of sp³-hybridized carbons (Fsp3) is 0.333. The van der Waals surface area contributed by atoms with Gasteiger partial charge < -0.3 is 0 Å². The number of fused-ring (bicyclic) bond motifs is 1. The van der Waals surface area contributed by atoms with E-state index in [2.05, 4.69) is 9.80 Å². The van der Waals surface area contributed by atoms with Crippen molar-refractivity contribution in [1.82, 2.24) is 14.7 Å². The molecular weight excluding hydrogens is 364 g/mol. The molecule has 7 heteroatoms. The third-order valence-corrected chi connectivity index (χ3v) is 5.31. The molecular formula is C21H21F2N3O2. The Kier molecular flexibility index (Phi) is 5.19. The van der Waals surface area contributed by atoms with E-state index in [1.54, 1.807) is 24.3 Å². The molecule has 0 radical (unpaired) electrons. The first-order chi connectivity index (χ1) is 13.5. The van der Waals surface area contributed by atoms with Gasteiger partial charge >= 0.3 is 0 Å². The monoisotopic (exact) mass is 385 g/mol. The summed E-state index contributed by atoms with van der Waals surface area (Å²) in [4.78, 5) is 30.5. The molecule has 4 rings (SSSR count). The Hall–Kier alpha value is -2.64. The van der Waals surface area contributed by atoms with Crippen molar-refractivity contribution in [3.05, 3.63) is 70.8 Å². The molecule has 28 heavy (non-hydrogen) atoms. The minimum absolute atomic E-state index is 0.229. The maximum absolute atomic E-state index is 13.3. The van der Waals surface area contributed by atoms with Gasteiger partial charge in [-0.15, -0.1) is 0 Å². The average Bonchev–Trinajstić information content (AvgIpc) is 2.91. The van der Waals surface area contributed by atoms with Crippen LogP contribution in [0.2, 0.25) is 0 Å². The molecule has 2 aliphatic rings. The number of benzene rings is 2. The zero-order chi connectivity index (χ0) is 19.7. The summed E-state index contributed by atoms with van der Waals surface area (Å²) in [5, 5.41) is 0. The summed E-state index contributed by atoms with van der Waals surface area (Å²) in [7, 11) is 0. The largest absolute Gasteiger partial charge is 0.299 e. The van der Waals surface area contributed by atoms with Crippen LogP contribution in [0.3, 0.4) is 0 Å². The number of rotatable bonds is 5. The van der Waals surface area contributed by atoms with E-state index in [4.69, 9.17) is 0 Å². The fourth-order valence-corrected chi connectivity index (χ4v) is 3.82. The van der Waals surface area contributed by atoms with Crippen LogP contribution in [0, 0.1) is 11.6 Å². The van der Waals surface area contributed by atoms with Crippen LogP contribution in [-0.2, 0) is 6.54 Å². The standard InChI is InChI=1S/C21H21F2N3O2/c22-16-11-15(12-17(23)13-16)14-25-7-5-24(6-8-25)9-10-26-20(27)18-3-1-2-4-19(18)21(26)28/h1-4,11-13H,5-10,14H2. The van der Waals surface area contributed by atoms with Gasteiger partial charge in [0.2, 0.25) is 0 Å². The van der Waals surface area contributed by atoms with Crippen LogP contribution in [0.15, 0.2) is 42.5 Å². The van der Waals surface area contributed by atoms with Crippen molar-refractivity contribution in [3.63, 3.8) is 0 Å². The first kappa shape index (κ1) is 18.7. The molecule has 0 unspecified atom stereocenters. The molecule has 0 spiro atoms. The molecule has 0 aromatic heterocycles. The van der Waals surface area contributed by atoms with E-state index in [9.17, 15) is 18.4 Å². The Morgan fingerprint density at radius 1 is 0.750 bits per heavy atom. The van der Waals surface area contributed by atoms with Crippen LogP contribution >= 0.6 is 0 Å². The molecule has 146 valence electrons. The average molecular weight is 385 g/mol. The highest BCUT2D eigenvalue weighted by molar-refractivity contribution is 6.21. The Balaban J connectivity index is 1.27. The van der Waals surface area contributed by atoms with Gasteiger partial charge in [-0.1, -0.05) is 12.1 Å². The van der Waals surface area contributed by atoms with Gasteiger partial charge in [0.1, 0.15) is 11.6 Å². The highest BCUT2D eigenvalue weighted by Crippen LogP contribution is 2.22. The van der Waals surface area contributed by atoms with Crippen molar-refractivity contribution >= 4 is 11.8 Å². The second kappa shape index (κ2) is 7.77. The molecule has 2 heterocycles. The topological polar surface area (TPSA) is 43.9 Å². The van der Waals surface area contributed by atoms with E-state index >= 15 is 0 Å². The van der Waals surface area contributed by atoms with Crippen LogP contribution in [0.5, 0.6) is 0 Å². The summed E-state index contributed by atoms with van der Waals surface area (Å²) in [5.74, 6) is -1.58. The second-order valence-electron chi connectivity index (χ2n) is 7.20. The normalized spacial score (nSPS) is 18.0. The van der Waals surface area contributed by atoms with E-state index in [-0.39, 0.29) is 11.8 Å². The predicted octanol–water partition coefficient (Wildman–Crippen LogP) is 2.38. The van der Waals surface area contributed by atoms with E-state index in [0.717, 1.165) is 32.2 Å². The Bertz CT molecular complexity index is 855. The van der Waals surface area contributed by atoms with E-state index in [0.29, 0.717) is 36.3 Å². The number of hydrogen-bond donors (Lipinski definition) is 0. The quantitative estimate of drug-likeness (QED) is 0.742. The molecule has 0 saturated carbocycles. The van der Waals surface area contributed by atoms with Gasteiger partial charge in [0.15, 0.2) is 0 Å². The maximum atomic E-state index is 13.3. The highest BCUT2D eigenvalue weighted by atomic mass is 19.1. The van der Waals surface area contributed by atoms with Crippen molar-refractivity contribution in [3.8, 4) is 0 Å². The Morgan fingerprint density at radius 2 is 1.29 bits per heavy atom. The summed E-state index contributed by atoms with van der Waals surface area (Å²) in [6.07, 6.45) is 0. The first-order valence-electron chi connectivity index (χ1n) is 9.36. The third kappa shape index (κ3) is 3.81. The van der Waals surface area contributed by atoms with Crippen LogP contribution in [0.1, 0.15) is 26.3 Å². The maximum Gasteiger partial charge on any atom is 0.261 e. The van der Waals surface area contributed by atoms with Crippen LogP contribution in [-0.4, -0.2) is 65.8 Å². The molecule has 5 nitrogen and oxygen atoms in total. The summed E-state index contributed by atoms with van der Waals surface area (Å²) >= 11 is 0. The molecule has 2 aromatic rings. The summed E-state index contributed by atoms with van der Waals surface area (Å²) < 4.78 is 26.7. The van der Waals surface area contributed by atoms with Crippen LogP contribution in [0.25, 0.3) is 0 Å². The van der Waals surface area contributed by atoms with Crippen molar-refractivity contribution in [2.75, 3.05) is 39.3 Å².